The first kappa shape index (κ1) is 12.0. The molecule has 3 N–H and O–H groups in total. The molecule has 7 heteroatoms. The van der Waals surface area contributed by atoms with Gasteiger partial charge in [0.1, 0.15) is 6.54 Å². The van der Waals surface area contributed by atoms with Gasteiger partial charge in [0.2, 0.25) is 5.91 Å². The van der Waals surface area contributed by atoms with Crippen LogP contribution < -0.4 is 11.1 Å². The van der Waals surface area contributed by atoms with Crippen molar-refractivity contribution in [3.05, 3.63) is 11.9 Å². The number of carbonyl (C=O) groups excluding carboxylic acids is 1. The number of nitrogens with zero attached hydrogens (tertiary/aromatic N) is 3. The van der Waals surface area contributed by atoms with Gasteiger partial charge in [-0.15, -0.1) is 5.10 Å². The number of rotatable bonds is 4. The smallest absolute Gasteiger partial charge is 0.242 e. The minimum Gasteiger partial charge on any atom is -0.381 e. The summed E-state index contributed by atoms with van der Waals surface area (Å²) in [7, 11) is 0. The van der Waals surface area contributed by atoms with Crippen LogP contribution in [0.4, 0.5) is 0 Å². The summed E-state index contributed by atoms with van der Waals surface area (Å²) in [5, 5.41) is 10.6. The third kappa shape index (κ3) is 3.50. The molecule has 1 aromatic rings. The lowest BCUT2D eigenvalue weighted by molar-refractivity contribution is -0.123. The number of aromatic nitrogens is 3. The molecule has 1 aliphatic rings. The molecule has 0 aromatic carbocycles. The lowest BCUT2D eigenvalue weighted by atomic mass is 10.1. The summed E-state index contributed by atoms with van der Waals surface area (Å²) in [4.78, 5) is 11.7. The minimum absolute atomic E-state index is 0.0506. The Kier molecular flexibility index (Phi) is 4.05. The molecule has 1 fully saturated rings. The Morgan fingerprint density at radius 2 is 2.35 bits per heavy atom. The lowest BCUT2D eigenvalue weighted by Gasteiger charge is -2.22. The summed E-state index contributed by atoms with van der Waals surface area (Å²) in [6.45, 7) is 1.95. The average Bonchev–Trinajstić information content (AvgIpc) is 2.78. The van der Waals surface area contributed by atoms with E-state index in [0.717, 1.165) is 12.8 Å². The highest BCUT2D eigenvalue weighted by molar-refractivity contribution is 5.75. The average molecular weight is 239 g/mol. The first-order valence-corrected chi connectivity index (χ1v) is 5.74. The Hall–Kier alpha value is -1.47. The van der Waals surface area contributed by atoms with Gasteiger partial charge in [-0.05, 0) is 12.8 Å². The molecule has 2 heterocycles. The van der Waals surface area contributed by atoms with Crippen LogP contribution in [0, 0.1) is 0 Å². The highest BCUT2D eigenvalue weighted by Crippen LogP contribution is 2.05. The van der Waals surface area contributed by atoms with Crippen molar-refractivity contribution in [2.75, 3.05) is 13.2 Å². The second-order valence-electron chi connectivity index (χ2n) is 4.07. The molecule has 1 amide bonds. The van der Waals surface area contributed by atoms with Crippen molar-refractivity contribution in [3.8, 4) is 0 Å². The molecule has 0 spiro atoms. The number of amides is 1. The number of carbonyl (C=O) groups is 1. The van der Waals surface area contributed by atoms with Gasteiger partial charge in [0.15, 0.2) is 0 Å². The predicted octanol–water partition coefficient (Wildman–Crippen LogP) is -0.968. The van der Waals surface area contributed by atoms with E-state index < -0.39 is 0 Å². The normalized spacial score (nSPS) is 17.0. The number of nitrogens with two attached hydrogens (primary N) is 1. The number of hydrogen-bond donors (Lipinski definition) is 2. The summed E-state index contributed by atoms with van der Waals surface area (Å²) < 4.78 is 6.72. The van der Waals surface area contributed by atoms with Gasteiger partial charge in [-0.25, -0.2) is 4.68 Å². The molecule has 0 bridgehead atoms. The third-order valence-corrected chi connectivity index (χ3v) is 2.69. The summed E-state index contributed by atoms with van der Waals surface area (Å²) >= 11 is 0. The standard InChI is InChI=1S/C10H17N5O2/c11-5-9-6-15(14-13-9)7-10(16)12-8-1-3-17-4-2-8/h6,8H,1-5,7,11H2,(H,12,16). The zero-order valence-electron chi connectivity index (χ0n) is 9.63. The van der Waals surface area contributed by atoms with Crippen molar-refractivity contribution in [3.63, 3.8) is 0 Å². The molecule has 0 radical (unpaired) electrons. The topological polar surface area (TPSA) is 95.1 Å². The Bertz CT molecular complexity index is 373. The Morgan fingerprint density at radius 3 is 3.00 bits per heavy atom. The van der Waals surface area contributed by atoms with E-state index in [1.165, 1.54) is 4.68 Å². The summed E-state index contributed by atoms with van der Waals surface area (Å²) in [5.41, 5.74) is 6.10. The van der Waals surface area contributed by atoms with Crippen LogP contribution in [-0.4, -0.2) is 40.2 Å². The van der Waals surface area contributed by atoms with E-state index in [1.54, 1.807) is 6.20 Å². The van der Waals surface area contributed by atoms with Gasteiger partial charge < -0.3 is 15.8 Å². The maximum absolute atomic E-state index is 11.7. The zero-order valence-corrected chi connectivity index (χ0v) is 9.63. The molecular weight excluding hydrogens is 222 g/mol. The van der Waals surface area contributed by atoms with Crippen LogP contribution in [0.25, 0.3) is 0 Å². The maximum Gasteiger partial charge on any atom is 0.242 e. The van der Waals surface area contributed by atoms with E-state index in [0.29, 0.717) is 25.5 Å². The number of nitrogens with one attached hydrogen (secondary N) is 1. The molecule has 1 saturated heterocycles. The highest BCUT2D eigenvalue weighted by Gasteiger charge is 2.16. The molecule has 2 rings (SSSR count). The van der Waals surface area contributed by atoms with Gasteiger partial charge in [-0.3, -0.25) is 4.79 Å². The van der Waals surface area contributed by atoms with Gasteiger partial charge in [0, 0.05) is 25.8 Å². The molecule has 1 aromatic heterocycles. The van der Waals surface area contributed by atoms with E-state index >= 15 is 0 Å². The van der Waals surface area contributed by atoms with Crippen molar-refractivity contribution in [2.24, 2.45) is 5.73 Å². The van der Waals surface area contributed by atoms with Gasteiger partial charge in [0.05, 0.1) is 11.9 Å². The first-order valence-electron chi connectivity index (χ1n) is 5.74. The van der Waals surface area contributed by atoms with Crippen LogP contribution in [0.15, 0.2) is 6.20 Å². The maximum atomic E-state index is 11.7. The summed E-state index contributed by atoms with van der Waals surface area (Å²) in [6, 6.07) is 0.216. The Balaban J connectivity index is 1.79. The zero-order chi connectivity index (χ0) is 12.1. The number of ether oxygens (including phenoxy) is 1. The SMILES string of the molecule is NCc1cn(CC(=O)NC2CCOCC2)nn1. The van der Waals surface area contributed by atoms with E-state index in [9.17, 15) is 4.79 Å². The Morgan fingerprint density at radius 1 is 1.59 bits per heavy atom. The quantitative estimate of drug-likeness (QED) is 0.705. The fourth-order valence-electron chi connectivity index (χ4n) is 1.77. The van der Waals surface area contributed by atoms with Crippen molar-refractivity contribution in [1.82, 2.24) is 20.3 Å². The van der Waals surface area contributed by atoms with Gasteiger partial charge in [-0.1, -0.05) is 5.21 Å². The van der Waals surface area contributed by atoms with Crippen LogP contribution in [0.3, 0.4) is 0 Å². The van der Waals surface area contributed by atoms with Crippen molar-refractivity contribution in [2.45, 2.75) is 32.0 Å². The van der Waals surface area contributed by atoms with Crippen LogP contribution in [0.2, 0.25) is 0 Å². The van der Waals surface area contributed by atoms with Crippen molar-refractivity contribution >= 4 is 5.91 Å². The second-order valence-corrected chi connectivity index (χ2v) is 4.07. The summed E-state index contributed by atoms with van der Waals surface area (Å²) in [5.74, 6) is -0.0506. The molecule has 0 saturated carbocycles. The second kappa shape index (κ2) is 5.74. The molecule has 94 valence electrons. The van der Waals surface area contributed by atoms with Crippen molar-refractivity contribution in [1.29, 1.82) is 0 Å². The Labute approximate surface area is 99.3 Å². The van der Waals surface area contributed by atoms with E-state index in [-0.39, 0.29) is 18.5 Å². The van der Waals surface area contributed by atoms with E-state index in [4.69, 9.17) is 10.5 Å². The summed E-state index contributed by atoms with van der Waals surface area (Å²) in [6.07, 6.45) is 3.43. The molecule has 0 aliphatic carbocycles. The number of hydrogen-bond acceptors (Lipinski definition) is 5. The largest absolute Gasteiger partial charge is 0.381 e. The van der Waals surface area contributed by atoms with Crippen LogP contribution in [-0.2, 0) is 22.6 Å². The van der Waals surface area contributed by atoms with Crippen LogP contribution in [0.5, 0.6) is 0 Å². The minimum atomic E-state index is -0.0506. The van der Waals surface area contributed by atoms with Crippen LogP contribution >= 0.6 is 0 Å². The van der Waals surface area contributed by atoms with E-state index in [2.05, 4.69) is 15.6 Å². The lowest BCUT2D eigenvalue weighted by Crippen LogP contribution is -2.40. The predicted molar refractivity (Wildman–Crippen MR) is 59.9 cm³/mol. The fraction of sp³-hybridized carbons (Fsp3) is 0.700. The van der Waals surface area contributed by atoms with Crippen LogP contribution in [0.1, 0.15) is 18.5 Å². The molecule has 7 nitrogen and oxygen atoms in total. The van der Waals surface area contributed by atoms with E-state index in [1.807, 2.05) is 0 Å². The molecular formula is C10H17N5O2. The molecule has 17 heavy (non-hydrogen) atoms. The van der Waals surface area contributed by atoms with Gasteiger partial charge in [0.25, 0.3) is 0 Å². The highest BCUT2D eigenvalue weighted by atomic mass is 16.5. The first-order chi connectivity index (χ1) is 8.28. The third-order valence-electron chi connectivity index (χ3n) is 2.69. The van der Waals surface area contributed by atoms with Gasteiger partial charge in [-0.2, -0.15) is 0 Å². The molecule has 1 aliphatic heterocycles. The monoisotopic (exact) mass is 239 g/mol. The van der Waals surface area contributed by atoms with Crippen molar-refractivity contribution < 1.29 is 9.53 Å². The fourth-order valence-corrected chi connectivity index (χ4v) is 1.77. The van der Waals surface area contributed by atoms with Gasteiger partial charge >= 0.3 is 0 Å². The molecule has 0 unspecified atom stereocenters. The molecule has 0 atom stereocenters.